The normalized spacial score (nSPS) is 12.7. The fourth-order valence-corrected chi connectivity index (χ4v) is 1.12. The monoisotopic (exact) mass is 203 g/mol. The minimum absolute atomic E-state index is 0.129. The minimum Gasteiger partial charge on any atom is -0.550 e. The van der Waals surface area contributed by atoms with E-state index in [0.717, 1.165) is 19.3 Å². The van der Waals surface area contributed by atoms with Crippen LogP contribution in [0.15, 0.2) is 0 Å². The zero-order valence-corrected chi connectivity index (χ0v) is 8.95. The van der Waals surface area contributed by atoms with E-state index < -0.39 is 5.97 Å². The number of carbonyl (C=O) groups is 1. The summed E-state index contributed by atoms with van der Waals surface area (Å²) in [5, 5.41) is 10.1. The lowest BCUT2D eigenvalue weighted by atomic mass is 10.2. The standard InChI is InChI=1S/C10H20O4/c1-3-10(13-2)14-8-6-4-5-7-9(11)12/h10H,3-8H2,1-2H3,(H,11,12)/p-1. The molecule has 0 aromatic heterocycles. The van der Waals surface area contributed by atoms with Gasteiger partial charge in [0.25, 0.3) is 0 Å². The second kappa shape index (κ2) is 8.97. The Hall–Kier alpha value is -0.610. The molecule has 0 radical (unpaired) electrons. The molecular formula is C10H19O4-. The summed E-state index contributed by atoms with van der Waals surface area (Å²) in [6.07, 6.45) is 3.23. The van der Waals surface area contributed by atoms with Crippen LogP contribution in [0, 0.1) is 0 Å². The second-order valence-electron chi connectivity index (χ2n) is 3.13. The maximum Gasteiger partial charge on any atom is 0.156 e. The van der Waals surface area contributed by atoms with E-state index >= 15 is 0 Å². The van der Waals surface area contributed by atoms with Crippen molar-refractivity contribution in [2.24, 2.45) is 0 Å². The fraction of sp³-hybridized carbons (Fsp3) is 0.900. The average molecular weight is 203 g/mol. The predicted molar refractivity (Wildman–Crippen MR) is 50.5 cm³/mol. The number of rotatable bonds is 9. The van der Waals surface area contributed by atoms with Crippen molar-refractivity contribution in [3.05, 3.63) is 0 Å². The summed E-state index contributed by atoms with van der Waals surface area (Å²) in [5.74, 6) is -0.978. The Morgan fingerprint density at radius 2 is 2.07 bits per heavy atom. The highest BCUT2D eigenvalue weighted by atomic mass is 16.7. The van der Waals surface area contributed by atoms with Gasteiger partial charge in [-0.3, -0.25) is 0 Å². The molecule has 0 aromatic carbocycles. The molecule has 0 fully saturated rings. The van der Waals surface area contributed by atoms with Gasteiger partial charge in [0.15, 0.2) is 6.29 Å². The van der Waals surface area contributed by atoms with E-state index in [4.69, 9.17) is 9.47 Å². The molecule has 0 saturated carbocycles. The van der Waals surface area contributed by atoms with Crippen molar-refractivity contribution in [3.8, 4) is 0 Å². The third-order valence-electron chi connectivity index (χ3n) is 1.93. The quantitative estimate of drug-likeness (QED) is 0.409. The fourth-order valence-electron chi connectivity index (χ4n) is 1.12. The van der Waals surface area contributed by atoms with E-state index in [2.05, 4.69) is 0 Å². The Balaban J connectivity index is 3.16. The number of aliphatic carboxylic acids is 1. The SMILES string of the molecule is CCC(OC)OCCCCCC(=O)[O-]. The first-order valence-electron chi connectivity index (χ1n) is 5.05. The number of hydrogen-bond acceptors (Lipinski definition) is 4. The summed E-state index contributed by atoms with van der Waals surface area (Å²) in [5.41, 5.74) is 0. The molecule has 0 N–H and O–H groups in total. The van der Waals surface area contributed by atoms with Crippen LogP contribution in [0.1, 0.15) is 39.0 Å². The average Bonchev–Trinajstić information content (AvgIpc) is 2.16. The second-order valence-corrected chi connectivity index (χ2v) is 3.13. The van der Waals surface area contributed by atoms with Crippen molar-refractivity contribution < 1.29 is 19.4 Å². The topological polar surface area (TPSA) is 58.6 Å². The highest BCUT2D eigenvalue weighted by molar-refractivity contribution is 5.63. The van der Waals surface area contributed by atoms with Crippen LogP contribution in [-0.4, -0.2) is 26.0 Å². The van der Waals surface area contributed by atoms with Crippen LogP contribution >= 0.6 is 0 Å². The van der Waals surface area contributed by atoms with E-state index in [0.29, 0.717) is 13.0 Å². The molecular weight excluding hydrogens is 184 g/mol. The predicted octanol–water partition coefficient (Wildman–Crippen LogP) is 0.696. The zero-order chi connectivity index (χ0) is 10.8. The van der Waals surface area contributed by atoms with E-state index in [1.165, 1.54) is 0 Å². The Bertz CT molecular complexity index is 143. The summed E-state index contributed by atoms with van der Waals surface area (Å²) in [7, 11) is 1.62. The summed E-state index contributed by atoms with van der Waals surface area (Å²) >= 11 is 0. The Kier molecular flexibility index (Phi) is 8.57. The molecule has 0 aromatic rings. The minimum atomic E-state index is -0.978. The first-order chi connectivity index (χ1) is 6.70. The van der Waals surface area contributed by atoms with Gasteiger partial charge in [-0.2, -0.15) is 0 Å². The van der Waals surface area contributed by atoms with E-state index in [9.17, 15) is 9.90 Å². The number of carbonyl (C=O) groups excluding carboxylic acids is 1. The van der Waals surface area contributed by atoms with E-state index in [1.807, 2.05) is 6.92 Å². The molecule has 0 aliphatic rings. The van der Waals surface area contributed by atoms with Crippen LogP contribution in [0.5, 0.6) is 0 Å². The highest BCUT2D eigenvalue weighted by Gasteiger charge is 2.02. The van der Waals surface area contributed by atoms with Gasteiger partial charge >= 0.3 is 0 Å². The van der Waals surface area contributed by atoms with Crippen molar-refractivity contribution >= 4 is 5.97 Å². The van der Waals surface area contributed by atoms with Crippen LogP contribution in [0.4, 0.5) is 0 Å². The molecule has 0 heterocycles. The third kappa shape index (κ3) is 8.01. The molecule has 0 bridgehead atoms. The smallest absolute Gasteiger partial charge is 0.156 e. The van der Waals surface area contributed by atoms with Gasteiger partial charge in [0, 0.05) is 19.7 Å². The van der Waals surface area contributed by atoms with Crippen molar-refractivity contribution in [1.29, 1.82) is 0 Å². The molecule has 1 unspecified atom stereocenters. The molecule has 0 aliphatic heterocycles. The van der Waals surface area contributed by atoms with Crippen molar-refractivity contribution in [2.75, 3.05) is 13.7 Å². The maximum atomic E-state index is 10.1. The van der Waals surface area contributed by atoms with Crippen LogP contribution in [0.2, 0.25) is 0 Å². The Morgan fingerprint density at radius 1 is 1.36 bits per heavy atom. The summed E-state index contributed by atoms with van der Waals surface area (Å²) in [4.78, 5) is 10.1. The van der Waals surface area contributed by atoms with Gasteiger partial charge in [-0.1, -0.05) is 13.3 Å². The molecule has 1 atom stereocenters. The molecule has 0 amide bonds. The summed E-state index contributed by atoms with van der Waals surface area (Å²) in [6.45, 7) is 2.61. The van der Waals surface area contributed by atoms with Crippen LogP contribution in [-0.2, 0) is 14.3 Å². The Labute approximate surface area is 85.2 Å². The molecule has 0 saturated heterocycles. The van der Waals surface area contributed by atoms with Gasteiger partial charge < -0.3 is 19.4 Å². The number of unbranched alkanes of at least 4 members (excludes halogenated alkanes) is 2. The molecule has 14 heavy (non-hydrogen) atoms. The van der Waals surface area contributed by atoms with Crippen molar-refractivity contribution in [1.82, 2.24) is 0 Å². The van der Waals surface area contributed by atoms with E-state index in [1.54, 1.807) is 7.11 Å². The largest absolute Gasteiger partial charge is 0.550 e. The van der Waals surface area contributed by atoms with Crippen LogP contribution in [0.25, 0.3) is 0 Å². The number of carboxylic acid groups (broad SMARTS) is 1. The van der Waals surface area contributed by atoms with Gasteiger partial charge in [-0.05, 0) is 25.7 Å². The number of hydrogen-bond donors (Lipinski definition) is 0. The van der Waals surface area contributed by atoms with Gasteiger partial charge in [-0.25, -0.2) is 0 Å². The number of ether oxygens (including phenoxy) is 2. The van der Waals surface area contributed by atoms with E-state index in [-0.39, 0.29) is 12.7 Å². The lowest BCUT2D eigenvalue weighted by Crippen LogP contribution is -2.21. The summed E-state index contributed by atoms with van der Waals surface area (Å²) in [6, 6.07) is 0. The van der Waals surface area contributed by atoms with Crippen LogP contribution < -0.4 is 5.11 Å². The molecule has 84 valence electrons. The van der Waals surface area contributed by atoms with Gasteiger partial charge in [-0.15, -0.1) is 0 Å². The third-order valence-corrected chi connectivity index (χ3v) is 1.93. The van der Waals surface area contributed by atoms with Crippen LogP contribution in [0.3, 0.4) is 0 Å². The first kappa shape index (κ1) is 13.4. The molecule has 4 heteroatoms. The van der Waals surface area contributed by atoms with Gasteiger partial charge in [0.1, 0.15) is 0 Å². The Morgan fingerprint density at radius 3 is 2.57 bits per heavy atom. The lowest BCUT2D eigenvalue weighted by molar-refractivity contribution is -0.305. The number of carboxylic acids is 1. The van der Waals surface area contributed by atoms with Crippen molar-refractivity contribution in [3.63, 3.8) is 0 Å². The zero-order valence-electron chi connectivity index (χ0n) is 8.95. The molecule has 0 rings (SSSR count). The highest BCUT2D eigenvalue weighted by Crippen LogP contribution is 2.03. The van der Waals surface area contributed by atoms with Crippen molar-refractivity contribution in [2.45, 2.75) is 45.3 Å². The lowest BCUT2D eigenvalue weighted by Gasteiger charge is -2.13. The summed E-state index contributed by atoms with van der Waals surface area (Å²) < 4.78 is 10.4. The molecule has 0 spiro atoms. The van der Waals surface area contributed by atoms with Gasteiger partial charge in [0.05, 0.1) is 0 Å². The first-order valence-corrected chi connectivity index (χ1v) is 5.05. The molecule has 0 aliphatic carbocycles. The maximum absolute atomic E-state index is 10.1. The number of methoxy groups -OCH3 is 1. The van der Waals surface area contributed by atoms with Gasteiger partial charge in [0.2, 0.25) is 0 Å². The molecule has 4 nitrogen and oxygen atoms in total.